The minimum atomic E-state index is -3.82. The van der Waals surface area contributed by atoms with Crippen molar-refractivity contribution in [2.45, 2.75) is 42.3 Å². The number of hydrogen-bond acceptors (Lipinski definition) is 6. The maximum Gasteiger partial charge on any atom is 0.240 e. The van der Waals surface area contributed by atoms with E-state index in [-0.39, 0.29) is 22.8 Å². The molecule has 0 unspecified atom stereocenters. The summed E-state index contributed by atoms with van der Waals surface area (Å²) in [4.78, 5) is 31.1. The number of sulfonamides is 1. The van der Waals surface area contributed by atoms with Crippen LogP contribution in [0, 0.1) is 5.82 Å². The van der Waals surface area contributed by atoms with Gasteiger partial charge < -0.3 is 15.1 Å². The van der Waals surface area contributed by atoms with Crippen molar-refractivity contribution >= 4 is 21.8 Å². The smallest absolute Gasteiger partial charge is 0.240 e. The van der Waals surface area contributed by atoms with E-state index in [0.717, 1.165) is 38.3 Å². The van der Waals surface area contributed by atoms with Gasteiger partial charge in [0.2, 0.25) is 21.8 Å². The van der Waals surface area contributed by atoms with Crippen molar-refractivity contribution in [3.8, 4) is 0 Å². The lowest BCUT2D eigenvalue weighted by atomic mass is 10.0. The van der Waals surface area contributed by atoms with Gasteiger partial charge in [0, 0.05) is 57.8 Å². The Balaban J connectivity index is 1.36. The van der Waals surface area contributed by atoms with Crippen LogP contribution in [0.25, 0.3) is 0 Å². The molecule has 3 aliphatic rings. The number of nitrogens with zero attached hydrogens (tertiary/aromatic N) is 3. The van der Waals surface area contributed by atoms with Crippen LogP contribution in [0.2, 0.25) is 0 Å². The van der Waals surface area contributed by atoms with Crippen LogP contribution in [0.15, 0.2) is 29.2 Å². The molecule has 4 rings (SSSR count). The molecular weight excluding hydrogens is 437 g/mol. The number of likely N-dealkylation sites (N-methyl/N-ethyl adjacent to an activating group) is 1. The largest absolute Gasteiger partial charge is 0.353 e. The highest BCUT2D eigenvalue weighted by atomic mass is 32.2. The molecule has 3 fully saturated rings. The number of hydrogen-bond donors (Lipinski definition) is 2. The minimum Gasteiger partial charge on any atom is -0.353 e. The predicted octanol–water partition coefficient (Wildman–Crippen LogP) is -0.400. The molecular formula is C21H30FN5O4S. The maximum absolute atomic E-state index is 13.1. The summed E-state index contributed by atoms with van der Waals surface area (Å²) in [7, 11) is -1.78. The van der Waals surface area contributed by atoms with Crippen LogP contribution in [0.3, 0.4) is 0 Å². The molecule has 32 heavy (non-hydrogen) atoms. The second kappa shape index (κ2) is 9.42. The average Bonchev–Trinajstić information content (AvgIpc) is 3.18. The first-order chi connectivity index (χ1) is 15.2. The molecule has 0 spiro atoms. The van der Waals surface area contributed by atoms with E-state index >= 15 is 0 Å². The molecule has 3 atom stereocenters. The fourth-order valence-corrected chi connectivity index (χ4v) is 5.97. The maximum atomic E-state index is 13.1. The molecule has 3 aliphatic heterocycles. The van der Waals surface area contributed by atoms with Crippen LogP contribution in [0.4, 0.5) is 4.39 Å². The average molecular weight is 468 g/mol. The Hall–Kier alpha value is -2.08. The SMILES string of the molecule is CN1CCN(C(=O)CC[C@@H]2CNC(=O)[C@@H]3C[C@H](NS(=O)(=O)c4ccc(F)cc4)CN23)CC1. The first kappa shape index (κ1) is 23.1. The third-order valence-corrected chi connectivity index (χ3v) is 8.15. The van der Waals surface area contributed by atoms with E-state index in [4.69, 9.17) is 0 Å². The van der Waals surface area contributed by atoms with Gasteiger partial charge in [0.25, 0.3) is 0 Å². The third kappa shape index (κ3) is 5.11. The van der Waals surface area contributed by atoms with Crippen molar-refractivity contribution in [2.24, 2.45) is 0 Å². The molecule has 1 aromatic carbocycles. The van der Waals surface area contributed by atoms with Crippen LogP contribution in [-0.4, -0.2) is 99.4 Å². The molecule has 0 aliphatic carbocycles. The van der Waals surface area contributed by atoms with Gasteiger partial charge in [-0.05, 0) is 44.2 Å². The van der Waals surface area contributed by atoms with Gasteiger partial charge in [0.05, 0.1) is 10.9 Å². The summed E-state index contributed by atoms with van der Waals surface area (Å²) in [5.41, 5.74) is 0. The number of nitrogens with one attached hydrogen (secondary N) is 2. The second-order valence-electron chi connectivity index (χ2n) is 8.84. The van der Waals surface area contributed by atoms with Gasteiger partial charge in [-0.2, -0.15) is 0 Å². The van der Waals surface area contributed by atoms with Crippen LogP contribution in [0.1, 0.15) is 19.3 Å². The van der Waals surface area contributed by atoms with Crippen molar-refractivity contribution in [1.82, 2.24) is 24.7 Å². The Labute approximate surface area is 188 Å². The van der Waals surface area contributed by atoms with E-state index in [2.05, 4.69) is 14.9 Å². The molecule has 176 valence electrons. The topological polar surface area (TPSA) is 102 Å². The van der Waals surface area contributed by atoms with Crippen LogP contribution >= 0.6 is 0 Å². The number of carbonyl (C=O) groups is 2. The summed E-state index contributed by atoms with van der Waals surface area (Å²) in [6, 6.07) is 3.78. The van der Waals surface area contributed by atoms with Crippen molar-refractivity contribution in [2.75, 3.05) is 46.3 Å². The lowest BCUT2D eigenvalue weighted by molar-refractivity contribution is -0.133. The van der Waals surface area contributed by atoms with Gasteiger partial charge in [-0.3, -0.25) is 14.5 Å². The quantitative estimate of drug-likeness (QED) is 0.590. The van der Waals surface area contributed by atoms with Gasteiger partial charge in [0.1, 0.15) is 5.82 Å². The van der Waals surface area contributed by atoms with Crippen molar-refractivity contribution in [3.63, 3.8) is 0 Å². The number of rotatable bonds is 6. The molecule has 11 heteroatoms. The molecule has 9 nitrogen and oxygen atoms in total. The van der Waals surface area contributed by atoms with Crippen molar-refractivity contribution in [1.29, 1.82) is 0 Å². The Bertz CT molecular complexity index is 949. The van der Waals surface area contributed by atoms with Gasteiger partial charge in [-0.15, -0.1) is 0 Å². The summed E-state index contributed by atoms with van der Waals surface area (Å²) in [5, 5.41) is 2.90. The van der Waals surface area contributed by atoms with Crippen molar-refractivity contribution < 1.29 is 22.4 Å². The number of fused-ring (bicyclic) bond motifs is 1. The number of carbonyl (C=O) groups excluding carboxylic acids is 2. The first-order valence-electron chi connectivity index (χ1n) is 11.0. The normalized spacial score (nSPS) is 27.2. The van der Waals surface area contributed by atoms with E-state index in [1.807, 2.05) is 16.8 Å². The Morgan fingerprint density at radius 2 is 1.88 bits per heavy atom. The predicted molar refractivity (Wildman–Crippen MR) is 116 cm³/mol. The zero-order chi connectivity index (χ0) is 22.9. The highest BCUT2D eigenvalue weighted by Gasteiger charge is 2.44. The van der Waals surface area contributed by atoms with E-state index in [9.17, 15) is 22.4 Å². The Kier molecular flexibility index (Phi) is 6.80. The van der Waals surface area contributed by atoms with Gasteiger partial charge in [-0.1, -0.05) is 0 Å². The molecule has 0 saturated carbocycles. The second-order valence-corrected chi connectivity index (χ2v) is 10.6. The summed E-state index contributed by atoms with van der Waals surface area (Å²) in [6.07, 6.45) is 1.37. The number of halogens is 1. The van der Waals surface area contributed by atoms with Gasteiger partial charge in [0.15, 0.2) is 0 Å². The van der Waals surface area contributed by atoms with E-state index in [1.165, 1.54) is 12.1 Å². The highest BCUT2D eigenvalue weighted by Crippen LogP contribution is 2.27. The Morgan fingerprint density at radius 3 is 2.56 bits per heavy atom. The number of benzene rings is 1. The molecule has 2 N–H and O–H groups in total. The summed E-state index contributed by atoms with van der Waals surface area (Å²) in [6.45, 7) is 4.05. The lowest BCUT2D eigenvalue weighted by Crippen LogP contribution is -2.58. The molecule has 1 aromatic rings. The summed E-state index contributed by atoms with van der Waals surface area (Å²) >= 11 is 0. The zero-order valence-corrected chi connectivity index (χ0v) is 19.0. The Morgan fingerprint density at radius 1 is 1.19 bits per heavy atom. The fourth-order valence-electron chi connectivity index (χ4n) is 4.73. The minimum absolute atomic E-state index is 0.0115. The molecule has 2 amide bonds. The summed E-state index contributed by atoms with van der Waals surface area (Å²) in [5.74, 6) is -0.498. The van der Waals surface area contributed by atoms with E-state index in [1.54, 1.807) is 0 Å². The molecule has 0 bridgehead atoms. The summed E-state index contributed by atoms with van der Waals surface area (Å²) < 4.78 is 41.1. The number of amides is 2. The standard InChI is InChI=1S/C21H30FN5O4S/c1-25-8-10-26(11-9-25)20(28)7-4-17-13-23-21(29)19-12-16(14-27(17)19)24-32(30,31)18-5-2-15(22)3-6-18/h2-3,5-6,16-17,19,24H,4,7-14H2,1H3,(H,23,29)/t16-,17+,19-/m0/s1. The molecule has 0 radical (unpaired) electrons. The monoisotopic (exact) mass is 467 g/mol. The lowest BCUT2D eigenvalue weighted by Gasteiger charge is -2.38. The zero-order valence-electron chi connectivity index (χ0n) is 18.2. The fraction of sp³-hybridized carbons (Fsp3) is 0.619. The highest BCUT2D eigenvalue weighted by molar-refractivity contribution is 7.89. The van der Waals surface area contributed by atoms with E-state index < -0.39 is 27.9 Å². The molecule has 0 aromatic heterocycles. The van der Waals surface area contributed by atoms with Gasteiger partial charge >= 0.3 is 0 Å². The van der Waals surface area contributed by atoms with E-state index in [0.29, 0.717) is 32.4 Å². The van der Waals surface area contributed by atoms with Crippen LogP contribution in [-0.2, 0) is 19.6 Å². The van der Waals surface area contributed by atoms with Crippen LogP contribution in [0.5, 0.6) is 0 Å². The molecule has 3 saturated heterocycles. The third-order valence-electron chi connectivity index (χ3n) is 6.62. The van der Waals surface area contributed by atoms with Crippen LogP contribution < -0.4 is 10.0 Å². The number of piperazine rings is 2. The molecule has 3 heterocycles. The van der Waals surface area contributed by atoms with Gasteiger partial charge in [-0.25, -0.2) is 17.5 Å². The van der Waals surface area contributed by atoms with Crippen molar-refractivity contribution in [3.05, 3.63) is 30.1 Å². The first-order valence-corrected chi connectivity index (χ1v) is 12.5.